The Morgan fingerprint density at radius 1 is 1.27 bits per heavy atom. The monoisotopic (exact) mass is 211 g/mol. The average Bonchev–Trinajstić information content (AvgIpc) is 2.62. The van der Waals surface area contributed by atoms with Gasteiger partial charge in [-0.15, -0.1) is 0 Å². The molecule has 86 valence electrons. The zero-order chi connectivity index (χ0) is 10.8. The van der Waals surface area contributed by atoms with Gasteiger partial charge in [0.05, 0.1) is 5.92 Å². The quantitative estimate of drug-likeness (QED) is 0.759. The molecule has 2 unspecified atom stereocenters. The molecule has 1 heterocycles. The van der Waals surface area contributed by atoms with Crippen molar-refractivity contribution in [2.75, 3.05) is 13.6 Å². The van der Waals surface area contributed by atoms with Crippen LogP contribution >= 0.6 is 0 Å². The molecule has 0 bridgehead atoms. The van der Waals surface area contributed by atoms with Crippen molar-refractivity contribution in [3.05, 3.63) is 0 Å². The van der Waals surface area contributed by atoms with Gasteiger partial charge in [-0.2, -0.15) is 0 Å². The lowest BCUT2D eigenvalue weighted by molar-refractivity contribution is -0.141. The Morgan fingerprint density at radius 3 is 2.47 bits per heavy atom. The minimum Gasteiger partial charge on any atom is -0.481 e. The number of nitrogens with zero attached hydrogens (tertiary/aromatic N) is 1. The Morgan fingerprint density at radius 2 is 1.93 bits per heavy atom. The van der Waals surface area contributed by atoms with Crippen LogP contribution in [0, 0.1) is 11.8 Å². The molecule has 0 amide bonds. The molecule has 0 aromatic carbocycles. The van der Waals surface area contributed by atoms with Crippen LogP contribution in [0.4, 0.5) is 0 Å². The molecule has 1 N–H and O–H groups in total. The van der Waals surface area contributed by atoms with Crippen LogP contribution in [0.5, 0.6) is 0 Å². The molecule has 0 aromatic heterocycles. The van der Waals surface area contributed by atoms with Crippen LogP contribution in [0.3, 0.4) is 0 Å². The summed E-state index contributed by atoms with van der Waals surface area (Å²) in [5.41, 5.74) is 0. The highest BCUT2D eigenvalue weighted by Gasteiger charge is 2.38. The predicted octanol–water partition coefficient (Wildman–Crippen LogP) is 1.97. The Balaban J connectivity index is 1.94. The standard InChI is InChI=1S/C12H21NO2/c1-13-8-10(12(14)15)7-11(13)9-5-3-2-4-6-9/h9-11H,2-8H2,1H3,(H,14,15). The molecule has 2 fully saturated rings. The van der Waals surface area contributed by atoms with Crippen molar-refractivity contribution in [2.24, 2.45) is 11.8 Å². The Kier molecular flexibility index (Phi) is 3.29. The molecule has 3 heteroatoms. The molecule has 1 aliphatic carbocycles. The van der Waals surface area contributed by atoms with Gasteiger partial charge in [0.2, 0.25) is 0 Å². The first-order chi connectivity index (χ1) is 7.18. The van der Waals surface area contributed by atoms with Crippen molar-refractivity contribution >= 4 is 5.97 Å². The Labute approximate surface area is 91.5 Å². The van der Waals surface area contributed by atoms with Gasteiger partial charge in [-0.1, -0.05) is 19.3 Å². The summed E-state index contributed by atoms with van der Waals surface area (Å²) in [6.45, 7) is 0.747. The van der Waals surface area contributed by atoms with Crippen LogP contribution in [0.15, 0.2) is 0 Å². The third-order valence-corrected chi connectivity index (χ3v) is 4.14. The molecule has 0 aromatic rings. The second kappa shape index (κ2) is 4.52. The number of hydrogen-bond acceptors (Lipinski definition) is 2. The van der Waals surface area contributed by atoms with E-state index in [0.717, 1.165) is 18.9 Å². The molecule has 2 atom stereocenters. The minimum atomic E-state index is -0.611. The second-order valence-corrected chi connectivity index (χ2v) is 5.18. The van der Waals surface area contributed by atoms with Crippen molar-refractivity contribution in [3.8, 4) is 0 Å². The maximum absolute atomic E-state index is 10.9. The normalized spacial score (nSPS) is 34.5. The van der Waals surface area contributed by atoms with Crippen LogP contribution in [0.1, 0.15) is 38.5 Å². The number of carboxylic acids is 1. The summed E-state index contributed by atoms with van der Waals surface area (Å²) in [4.78, 5) is 13.2. The number of likely N-dealkylation sites (tertiary alicyclic amines) is 1. The van der Waals surface area contributed by atoms with Crippen LogP contribution in [-0.4, -0.2) is 35.6 Å². The van der Waals surface area contributed by atoms with Gasteiger partial charge in [0.15, 0.2) is 0 Å². The van der Waals surface area contributed by atoms with E-state index in [4.69, 9.17) is 5.11 Å². The minimum absolute atomic E-state index is 0.123. The average molecular weight is 211 g/mol. The number of carboxylic acid groups (broad SMARTS) is 1. The van der Waals surface area contributed by atoms with E-state index in [-0.39, 0.29) is 5.92 Å². The largest absolute Gasteiger partial charge is 0.481 e. The van der Waals surface area contributed by atoms with E-state index < -0.39 is 5.97 Å². The van der Waals surface area contributed by atoms with Gasteiger partial charge in [0.25, 0.3) is 0 Å². The van der Waals surface area contributed by atoms with E-state index in [9.17, 15) is 4.79 Å². The summed E-state index contributed by atoms with van der Waals surface area (Å²) in [6, 6.07) is 0.534. The first kappa shape index (κ1) is 10.9. The molecule has 1 saturated carbocycles. The van der Waals surface area contributed by atoms with E-state index in [1.165, 1.54) is 32.1 Å². The molecular weight excluding hydrogens is 190 g/mol. The van der Waals surface area contributed by atoms with Crippen molar-refractivity contribution in [2.45, 2.75) is 44.6 Å². The lowest BCUT2D eigenvalue weighted by Crippen LogP contribution is -2.33. The van der Waals surface area contributed by atoms with Crippen LogP contribution in [0.25, 0.3) is 0 Å². The maximum Gasteiger partial charge on any atom is 0.307 e. The number of carbonyl (C=O) groups is 1. The van der Waals surface area contributed by atoms with Crippen molar-refractivity contribution in [3.63, 3.8) is 0 Å². The lowest BCUT2D eigenvalue weighted by Gasteiger charge is -2.31. The topological polar surface area (TPSA) is 40.5 Å². The highest BCUT2D eigenvalue weighted by molar-refractivity contribution is 5.70. The summed E-state index contributed by atoms with van der Waals surface area (Å²) in [6.07, 6.45) is 7.54. The lowest BCUT2D eigenvalue weighted by atomic mass is 9.82. The number of rotatable bonds is 2. The molecule has 0 radical (unpaired) electrons. The predicted molar refractivity (Wildman–Crippen MR) is 58.7 cm³/mol. The van der Waals surface area contributed by atoms with Crippen LogP contribution in [-0.2, 0) is 4.79 Å². The van der Waals surface area contributed by atoms with Gasteiger partial charge in [0.1, 0.15) is 0 Å². The van der Waals surface area contributed by atoms with Gasteiger partial charge >= 0.3 is 5.97 Å². The maximum atomic E-state index is 10.9. The van der Waals surface area contributed by atoms with E-state index in [2.05, 4.69) is 11.9 Å². The molecule has 15 heavy (non-hydrogen) atoms. The highest BCUT2D eigenvalue weighted by Crippen LogP contribution is 2.35. The smallest absolute Gasteiger partial charge is 0.307 e. The van der Waals surface area contributed by atoms with E-state index in [1.54, 1.807) is 0 Å². The Hall–Kier alpha value is -0.570. The van der Waals surface area contributed by atoms with Gasteiger partial charge < -0.3 is 10.0 Å². The fourth-order valence-corrected chi connectivity index (χ4v) is 3.28. The molecule has 1 aliphatic heterocycles. The SMILES string of the molecule is CN1CC(C(=O)O)CC1C1CCCCC1. The molecule has 0 spiro atoms. The third kappa shape index (κ3) is 2.33. The zero-order valence-corrected chi connectivity index (χ0v) is 9.48. The van der Waals surface area contributed by atoms with E-state index in [0.29, 0.717) is 6.04 Å². The molecule has 3 nitrogen and oxygen atoms in total. The van der Waals surface area contributed by atoms with Crippen LogP contribution < -0.4 is 0 Å². The summed E-state index contributed by atoms with van der Waals surface area (Å²) in [7, 11) is 2.09. The van der Waals surface area contributed by atoms with E-state index >= 15 is 0 Å². The summed E-state index contributed by atoms with van der Waals surface area (Å²) in [5.74, 6) is 0.0233. The van der Waals surface area contributed by atoms with Gasteiger partial charge in [0, 0.05) is 12.6 Å². The summed E-state index contributed by atoms with van der Waals surface area (Å²) in [5, 5.41) is 9.02. The molecule has 2 aliphatic rings. The highest BCUT2D eigenvalue weighted by atomic mass is 16.4. The fraction of sp³-hybridized carbons (Fsp3) is 0.917. The molecule has 1 saturated heterocycles. The first-order valence-corrected chi connectivity index (χ1v) is 6.11. The van der Waals surface area contributed by atoms with E-state index in [1.807, 2.05) is 0 Å². The number of hydrogen-bond donors (Lipinski definition) is 1. The van der Waals surface area contributed by atoms with Gasteiger partial charge in [-0.25, -0.2) is 0 Å². The van der Waals surface area contributed by atoms with Crippen molar-refractivity contribution in [1.29, 1.82) is 0 Å². The van der Waals surface area contributed by atoms with Gasteiger partial charge in [-0.3, -0.25) is 4.79 Å². The zero-order valence-electron chi connectivity index (χ0n) is 9.48. The molecular formula is C12H21NO2. The summed E-state index contributed by atoms with van der Waals surface area (Å²) >= 11 is 0. The van der Waals surface area contributed by atoms with Crippen molar-refractivity contribution in [1.82, 2.24) is 4.90 Å². The fourth-order valence-electron chi connectivity index (χ4n) is 3.28. The summed E-state index contributed by atoms with van der Waals surface area (Å²) < 4.78 is 0. The third-order valence-electron chi connectivity index (χ3n) is 4.14. The van der Waals surface area contributed by atoms with Crippen molar-refractivity contribution < 1.29 is 9.90 Å². The Bertz CT molecular complexity index is 236. The number of aliphatic carboxylic acids is 1. The van der Waals surface area contributed by atoms with Gasteiger partial charge in [-0.05, 0) is 32.2 Å². The van der Waals surface area contributed by atoms with Crippen LogP contribution in [0.2, 0.25) is 0 Å². The molecule has 2 rings (SSSR count). The second-order valence-electron chi connectivity index (χ2n) is 5.18. The first-order valence-electron chi connectivity index (χ1n) is 6.11.